The molecule has 2 unspecified atom stereocenters. The van der Waals surface area contributed by atoms with E-state index in [2.05, 4.69) is 10.7 Å². The fourth-order valence-corrected chi connectivity index (χ4v) is 4.48. The average Bonchev–Trinajstić information content (AvgIpc) is 3.36. The van der Waals surface area contributed by atoms with Gasteiger partial charge in [-0.25, -0.2) is 5.43 Å². The van der Waals surface area contributed by atoms with Gasteiger partial charge in [-0.3, -0.25) is 9.59 Å². The summed E-state index contributed by atoms with van der Waals surface area (Å²) in [5.41, 5.74) is 6.19. The molecule has 2 atom stereocenters. The second-order valence-corrected chi connectivity index (χ2v) is 8.95. The quantitative estimate of drug-likeness (QED) is 0.459. The van der Waals surface area contributed by atoms with Gasteiger partial charge in [0, 0.05) is 18.1 Å². The molecular formula is C29H30N4O4. The van der Waals surface area contributed by atoms with Gasteiger partial charge in [-0.2, -0.15) is 0 Å². The van der Waals surface area contributed by atoms with Crippen LogP contribution in [0.5, 0.6) is 11.5 Å². The van der Waals surface area contributed by atoms with Gasteiger partial charge in [0.15, 0.2) is 0 Å². The molecule has 2 aliphatic heterocycles. The van der Waals surface area contributed by atoms with Crippen LogP contribution in [0.15, 0.2) is 91.3 Å². The van der Waals surface area contributed by atoms with E-state index in [-0.39, 0.29) is 30.4 Å². The lowest BCUT2D eigenvalue weighted by molar-refractivity contribution is -0.137. The van der Waals surface area contributed by atoms with E-state index in [0.29, 0.717) is 31.1 Å². The second kappa shape index (κ2) is 11.2. The topological polar surface area (TPSA) is 83.1 Å². The summed E-state index contributed by atoms with van der Waals surface area (Å²) < 4.78 is 11.3. The first-order valence-electron chi connectivity index (χ1n) is 12.4. The summed E-state index contributed by atoms with van der Waals surface area (Å²) >= 11 is 0. The highest BCUT2D eigenvalue weighted by Gasteiger charge is 2.40. The minimum atomic E-state index is -0.365. The number of nitrogens with one attached hydrogen (secondary N) is 2. The molecule has 2 amide bonds. The van der Waals surface area contributed by atoms with Crippen molar-refractivity contribution < 1.29 is 19.1 Å². The lowest BCUT2D eigenvalue weighted by Gasteiger charge is -2.31. The number of hydrazine groups is 1. The normalized spacial score (nSPS) is 18.5. The first-order chi connectivity index (χ1) is 18.1. The zero-order valence-corrected chi connectivity index (χ0v) is 20.7. The Morgan fingerprint density at radius 1 is 0.946 bits per heavy atom. The van der Waals surface area contributed by atoms with Crippen LogP contribution in [-0.2, 0) is 16.2 Å². The van der Waals surface area contributed by atoms with Crippen LogP contribution >= 0.6 is 0 Å². The molecule has 0 bridgehead atoms. The first-order valence-corrected chi connectivity index (χ1v) is 12.4. The summed E-state index contributed by atoms with van der Waals surface area (Å²) in [5.74, 6) is 1.16. The van der Waals surface area contributed by atoms with Gasteiger partial charge in [-0.1, -0.05) is 42.5 Å². The maximum absolute atomic E-state index is 13.1. The summed E-state index contributed by atoms with van der Waals surface area (Å²) in [6.07, 6.45) is 4.07. The van der Waals surface area contributed by atoms with Crippen molar-refractivity contribution in [3.05, 3.63) is 102 Å². The molecule has 8 nitrogen and oxygen atoms in total. The predicted octanol–water partition coefficient (Wildman–Crippen LogP) is 4.24. The van der Waals surface area contributed by atoms with Crippen LogP contribution in [-0.4, -0.2) is 40.9 Å². The smallest absolute Gasteiger partial charge is 0.251 e. The highest BCUT2D eigenvalue weighted by Crippen LogP contribution is 2.31. The number of rotatable bonds is 9. The minimum Gasteiger partial charge on any atom is -0.494 e. The van der Waals surface area contributed by atoms with Crippen LogP contribution in [0.3, 0.4) is 0 Å². The van der Waals surface area contributed by atoms with Crippen molar-refractivity contribution in [2.45, 2.75) is 32.0 Å². The Morgan fingerprint density at radius 3 is 2.38 bits per heavy atom. The number of benzene rings is 3. The molecule has 1 saturated heterocycles. The molecule has 2 N–H and O–H groups in total. The SMILES string of the molecule is CCOc1ccc(C2CC3C(=O)N(CC(=O)Nc4ccc(OCc5ccccc5)cc4)C=CN3N2)cc1. The molecule has 0 aliphatic carbocycles. The van der Waals surface area contributed by atoms with E-state index in [9.17, 15) is 9.59 Å². The maximum atomic E-state index is 13.1. The van der Waals surface area contributed by atoms with Gasteiger partial charge in [0.25, 0.3) is 5.91 Å². The number of hydrogen-bond acceptors (Lipinski definition) is 6. The molecule has 2 heterocycles. The Bertz CT molecular complexity index is 1250. The number of hydrogen-bond donors (Lipinski definition) is 2. The Kier molecular flexibility index (Phi) is 7.37. The largest absolute Gasteiger partial charge is 0.494 e. The van der Waals surface area contributed by atoms with Gasteiger partial charge < -0.3 is 24.7 Å². The Morgan fingerprint density at radius 2 is 1.65 bits per heavy atom. The summed E-state index contributed by atoms with van der Waals surface area (Å²) in [5, 5.41) is 4.68. The van der Waals surface area contributed by atoms with Gasteiger partial charge in [-0.05, 0) is 60.9 Å². The number of carbonyl (C=O) groups is 2. The lowest BCUT2D eigenvalue weighted by atomic mass is 10.0. The summed E-state index contributed by atoms with van der Waals surface area (Å²) in [6.45, 7) is 2.99. The van der Waals surface area contributed by atoms with Gasteiger partial charge in [0.05, 0.1) is 12.6 Å². The molecule has 5 rings (SSSR count). The maximum Gasteiger partial charge on any atom is 0.251 e. The average molecular weight is 499 g/mol. The second-order valence-electron chi connectivity index (χ2n) is 8.95. The van der Waals surface area contributed by atoms with Gasteiger partial charge in [0.2, 0.25) is 5.91 Å². The number of carbonyl (C=O) groups excluding carboxylic acids is 2. The third kappa shape index (κ3) is 5.92. The van der Waals surface area contributed by atoms with E-state index < -0.39 is 0 Å². The van der Waals surface area contributed by atoms with Gasteiger partial charge >= 0.3 is 0 Å². The van der Waals surface area contributed by atoms with E-state index >= 15 is 0 Å². The van der Waals surface area contributed by atoms with Crippen molar-refractivity contribution >= 4 is 17.5 Å². The number of amides is 2. The molecule has 0 saturated carbocycles. The Labute approximate surface area is 216 Å². The van der Waals surface area contributed by atoms with Crippen molar-refractivity contribution in [3.63, 3.8) is 0 Å². The minimum absolute atomic E-state index is 0.00526. The molecule has 3 aromatic rings. The fraction of sp³-hybridized carbons (Fsp3) is 0.241. The zero-order chi connectivity index (χ0) is 25.6. The van der Waals surface area contributed by atoms with Gasteiger partial charge in [0.1, 0.15) is 30.7 Å². The first kappa shape index (κ1) is 24.4. The van der Waals surface area contributed by atoms with E-state index in [0.717, 1.165) is 16.9 Å². The summed E-state index contributed by atoms with van der Waals surface area (Å²) in [4.78, 5) is 27.3. The molecule has 37 heavy (non-hydrogen) atoms. The molecule has 2 aliphatic rings. The van der Waals surface area contributed by atoms with Crippen molar-refractivity contribution in [1.82, 2.24) is 15.3 Å². The van der Waals surface area contributed by atoms with Crippen molar-refractivity contribution in [2.24, 2.45) is 0 Å². The molecule has 3 aromatic carbocycles. The molecule has 0 radical (unpaired) electrons. The standard InChI is InChI=1S/C29H30N4O4/c1-2-36-24-12-8-22(9-13-24)26-18-27-29(35)32(16-17-33(27)31-26)19-28(34)30-23-10-14-25(15-11-23)37-20-21-6-4-3-5-7-21/h3-17,26-27,31H,2,18-20H2,1H3,(H,30,34). The number of fused-ring (bicyclic) bond motifs is 1. The highest BCUT2D eigenvalue weighted by atomic mass is 16.5. The van der Waals surface area contributed by atoms with Crippen LogP contribution in [0.2, 0.25) is 0 Å². The number of ether oxygens (including phenoxy) is 2. The van der Waals surface area contributed by atoms with Crippen LogP contribution in [0, 0.1) is 0 Å². The predicted molar refractivity (Wildman–Crippen MR) is 140 cm³/mol. The number of nitrogens with zero attached hydrogens (tertiary/aromatic N) is 2. The lowest BCUT2D eigenvalue weighted by Crippen LogP contribution is -2.49. The highest BCUT2D eigenvalue weighted by molar-refractivity contribution is 5.96. The Balaban J connectivity index is 1.12. The molecular weight excluding hydrogens is 468 g/mol. The van der Waals surface area contributed by atoms with Crippen molar-refractivity contribution in [1.29, 1.82) is 0 Å². The van der Waals surface area contributed by atoms with Crippen LogP contribution in [0.4, 0.5) is 5.69 Å². The van der Waals surface area contributed by atoms with Crippen LogP contribution < -0.4 is 20.2 Å². The van der Waals surface area contributed by atoms with E-state index in [1.807, 2.05) is 84.9 Å². The van der Waals surface area contributed by atoms with E-state index in [4.69, 9.17) is 9.47 Å². The molecule has 8 heteroatoms. The number of anilines is 1. The third-order valence-corrected chi connectivity index (χ3v) is 6.37. The summed E-state index contributed by atoms with van der Waals surface area (Å²) in [6, 6.07) is 24.7. The Hall–Kier alpha value is -4.30. The van der Waals surface area contributed by atoms with E-state index in [1.54, 1.807) is 18.3 Å². The molecule has 1 fully saturated rings. The van der Waals surface area contributed by atoms with Crippen LogP contribution in [0.1, 0.15) is 30.5 Å². The third-order valence-electron chi connectivity index (χ3n) is 6.37. The molecule has 190 valence electrons. The van der Waals surface area contributed by atoms with Crippen molar-refractivity contribution in [3.8, 4) is 11.5 Å². The molecule has 0 spiro atoms. The summed E-state index contributed by atoms with van der Waals surface area (Å²) in [7, 11) is 0. The molecule has 0 aromatic heterocycles. The van der Waals surface area contributed by atoms with Crippen LogP contribution in [0.25, 0.3) is 0 Å². The monoisotopic (exact) mass is 498 g/mol. The fourth-order valence-electron chi connectivity index (χ4n) is 4.48. The van der Waals surface area contributed by atoms with Crippen molar-refractivity contribution in [2.75, 3.05) is 18.5 Å². The zero-order valence-electron chi connectivity index (χ0n) is 20.7. The van der Waals surface area contributed by atoms with Gasteiger partial charge in [-0.15, -0.1) is 0 Å². The van der Waals surface area contributed by atoms with E-state index in [1.165, 1.54) is 4.90 Å².